The van der Waals surface area contributed by atoms with Crippen LogP contribution in [-0.4, -0.2) is 46.8 Å². The molecule has 2 N–H and O–H groups in total. The maximum atomic E-state index is 10.4. The summed E-state index contributed by atoms with van der Waals surface area (Å²) >= 11 is 0. The van der Waals surface area contributed by atoms with Crippen LogP contribution in [0.4, 0.5) is 0 Å². The van der Waals surface area contributed by atoms with Gasteiger partial charge < -0.3 is 10.4 Å². The van der Waals surface area contributed by atoms with Gasteiger partial charge in [0.05, 0.1) is 5.60 Å². The van der Waals surface area contributed by atoms with Crippen molar-refractivity contribution >= 4 is 0 Å². The Morgan fingerprint density at radius 1 is 1.44 bits per heavy atom. The SMILES string of the molecule is CC(C)NCC(C)(O)CN1CCCC1(C)C. The van der Waals surface area contributed by atoms with Crippen molar-refractivity contribution in [1.82, 2.24) is 10.2 Å². The van der Waals surface area contributed by atoms with Crippen LogP contribution in [0.3, 0.4) is 0 Å². The van der Waals surface area contributed by atoms with Crippen molar-refractivity contribution in [2.75, 3.05) is 19.6 Å². The summed E-state index contributed by atoms with van der Waals surface area (Å²) in [5.74, 6) is 0. The third kappa shape index (κ3) is 4.04. The standard InChI is InChI=1S/C13H28N2O/c1-11(2)14-9-13(5,16)10-15-8-6-7-12(15,3)4/h11,14,16H,6-10H2,1-5H3. The van der Waals surface area contributed by atoms with Crippen molar-refractivity contribution in [1.29, 1.82) is 0 Å². The van der Waals surface area contributed by atoms with Gasteiger partial charge in [-0.05, 0) is 40.2 Å². The highest BCUT2D eigenvalue weighted by atomic mass is 16.3. The summed E-state index contributed by atoms with van der Waals surface area (Å²) in [6.45, 7) is 13.2. The van der Waals surface area contributed by atoms with Crippen LogP contribution >= 0.6 is 0 Å². The zero-order valence-corrected chi connectivity index (χ0v) is 11.5. The van der Waals surface area contributed by atoms with Crippen molar-refractivity contribution < 1.29 is 5.11 Å². The molecule has 0 aliphatic carbocycles. The van der Waals surface area contributed by atoms with Crippen LogP contribution in [0.5, 0.6) is 0 Å². The summed E-state index contributed by atoms with van der Waals surface area (Å²) in [4.78, 5) is 2.41. The Balaban J connectivity index is 2.45. The Hall–Kier alpha value is -0.120. The lowest BCUT2D eigenvalue weighted by Gasteiger charge is -2.37. The number of rotatable bonds is 5. The lowest BCUT2D eigenvalue weighted by Crippen LogP contribution is -2.52. The molecular formula is C13H28N2O. The summed E-state index contributed by atoms with van der Waals surface area (Å²) in [7, 11) is 0. The number of hydrogen-bond donors (Lipinski definition) is 2. The van der Waals surface area contributed by atoms with E-state index in [-0.39, 0.29) is 5.54 Å². The van der Waals surface area contributed by atoms with E-state index in [0.29, 0.717) is 12.6 Å². The van der Waals surface area contributed by atoms with Crippen LogP contribution < -0.4 is 5.32 Å². The molecule has 1 unspecified atom stereocenters. The van der Waals surface area contributed by atoms with E-state index in [0.717, 1.165) is 13.1 Å². The van der Waals surface area contributed by atoms with Crippen molar-refractivity contribution in [3.05, 3.63) is 0 Å². The number of aliphatic hydroxyl groups is 1. The van der Waals surface area contributed by atoms with Gasteiger partial charge in [-0.2, -0.15) is 0 Å². The van der Waals surface area contributed by atoms with Gasteiger partial charge >= 0.3 is 0 Å². The smallest absolute Gasteiger partial charge is 0.0869 e. The minimum Gasteiger partial charge on any atom is -0.388 e. The zero-order valence-electron chi connectivity index (χ0n) is 11.5. The molecule has 1 atom stereocenters. The largest absolute Gasteiger partial charge is 0.388 e. The van der Waals surface area contributed by atoms with Gasteiger partial charge in [0.2, 0.25) is 0 Å². The molecule has 0 amide bonds. The van der Waals surface area contributed by atoms with E-state index in [1.165, 1.54) is 12.8 Å². The van der Waals surface area contributed by atoms with Gasteiger partial charge in [-0.15, -0.1) is 0 Å². The summed E-state index contributed by atoms with van der Waals surface area (Å²) in [5.41, 5.74) is -0.381. The fourth-order valence-corrected chi connectivity index (χ4v) is 2.35. The monoisotopic (exact) mass is 228 g/mol. The number of likely N-dealkylation sites (tertiary alicyclic amines) is 1. The first-order valence-corrected chi connectivity index (χ1v) is 6.44. The summed E-state index contributed by atoms with van der Waals surface area (Å²) in [5, 5.41) is 13.7. The van der Waals surface area contributed by atoms with Crippen LogP contribution in [0.25, 0.3) is 0 Å². The molecule has 0 bridgehead atoms. The van der Waals surface area contributed by atoms with Crippen LogP contribution in [0, 0.1) is 0 Å². The van der Waals surface area contributed by atoms with Crippen molar-refractivity contribution in [2.24, 2.45) is 0 Å². The lowest BCUT2D eigenvalue weighted by molar-refractivity contribution is 0.000695. The number of hydrogen-bond acceptors (Lipinski definition) is 3. The molecule has 0 aromatic carbocycles. The normalized spacial score (nSPS) is 24.9. The first-order chi connectivity index (χ1) is 7.23. The maximum absolute atomic E-state index is 10.4. The number of nitrogens with zero attached hydrogens (tertiary/aromatic N) is 1. The van der Waals surface area contributed by atoms with Crippen LogP contribution in [0.1, 0.15) is 47.5 Å². The molecule has 0 spiro atoms. The Kier molecular flexibility index (Phi) is 4.38. The number of nitrogens with one attached hydrogen (secondary N) is 1. The van der Waals surface area contributed by atoms with E-state index in [4.69, 9.17) is 0 Å². The summed E-state index contributed by atoms with van der Waals surface area (Å²) in [6.07, 6.45) is 2.49. The molecule has 1 heterocycles. The van der Waals surface area contributed by atoms with E-state index < -0.39 is 5.60 Å². The van der Waals surface area contributed by atoms with Gasteiger partial charge in [-0.25, -0.2) is 0 Å². The Bertz CT molecular complexity index is 224. The molecule has 3 heteroatoms. The predicted octanol–water partition coefficient (Wildman–Crippen LogP) is 1.61. The maximum Gasteiger partial charge on any atom is 0.0869 e. The Labute approximate surface area is 100 Å². The second-order valence-electron chi connectivity index (χ2n) is 6.37. The molecule has 1 aliphatic heterocycles. The summed E-state index contributed by atoms with van der Waals surface area (Å²) in [6, 6.07) is 0.429. The molecule has 1 rings (SSSR count). The second-order valence-corrected chi connectivity index (χ2v) is 6.37. The van der Waals surface area contributed by atoms with E-state index in [1.807, 2.05) is 6.92 Å². The first kappa shape index (κ1) is 13.9. The second kappa shape index (κ2) is 5.03. The highest BCUT2D eigenvalue weighted by Gasteiger charge is 2.36. The van der Waals surface area contributed by atoms with Gasteiger partial charge in [-0.3, -0.25) is 4.90 Å². The lowest BCUT2D eigenvalue weighted by atomic mass is 9.99. The fourth-order valence-electron chi connectivity index (χ4n) is 2.35. The minimum absolute atomic E-state index is 0.252. The highest BCUT2D eigenvalue weighted by molar-refractivity contribution is 4.92. The van der Waals surface area contributed by atoms with Gasteiger partial charge in [0, 0.05) is 24.7 Å². The average molecular weight is 228 g/mol. The summed E-state index contributed by atoms with van der Waals surface area (Å²) < 4.78 is 0. The Morgan fingerprint density at radius 2 is 2.06 bits per heavy atom. The van der Waals surface area contributed by atoms with E-state index in [2.05, 4.69) is 37.9 Å². The Morgan fingerprint density at radius 3 is 2.50 bits per heavy atom. The third-order valence-corrected chi connectivity index (χ3v) is 3.50. The van der Waals surface area contributed by atoms with Crippen molar-refractivity contribution in [2.45, 2.75) is 64.6 Å². The van der Waals surface area contributed by atoms with Crippen LogP contribution in [0.2, 0.25) is 0 Å². The van der Waals surface area contributed by atoms with Gasteiger partial charge in [0.25, 0.3) is 0 Å². The molecule has 0 saturated carbocycles. The molecule has 16 heavy (non-hydrogen) atoms. The molecule has 1 aliphatic rings. The molecule has 0 aromatic heterocycles. The predicted molar refractivity (Wildman–Crippen MR) is 68.6 cm³/mol. The fraction of sp³-hybridized carbons (Fsp3) is 1.00. The van der Waals surface area contributed by atoms with Crippen molar-refractivity contribution in [3.8, 4) is 0 Å². The topological polar surface area (TPSA) is 35.5 Å². The van der Waals surface area contributed by atoms with Gasteiger partial charge in [0.15, 0.2) is 0 Å². The minimum atomic E-state index is -0.633. The van der Waals surface area contributed by atoms with Crippen molar-refractivity contribution in [3.63, 3.8) is 0 Å². The zero-order chi connectivity index (χ0) is 12.4. The molecule has 1 fully saturated rings. The molecule has 1 saturated heterocycles. The molecular weight excluding hydrogens is 200 g/mol. The van der Waals surface area contributed by atoms with Gasteiger partial charge in [0.1, 0.15) is 0 Å². The van der Waals surface area contributed by atoms with E-state index in [1.54, 1.807) is 0 Å². The molecule has 3 nitrogen and oxygen atoms in total. The van der Waals surface area contributed by atoms with Crippen LogP contribution in [0.15, 0.2) is 0 Å². The highest BCUT2D eigenvalue weighted by Crippen LogP contribution is 2.29. The molecule has 0 aromatic rings. The third-order valence-electron chi connectivity index (χ3n) is 3.50. The first-order valence-electron chi connectivity index (χ1n) is 6.44. The van der Waals surface area contributed by atoms with E-state index >= 15 is 0 Å². The molecule has 0 radical (unpaired) electrons. The molecule has 96 valence electrons. The quantitative estimate of drug-likeness (QED) is 0.750. The van der Waals surface area contributed by atoms with E-state index in [9.17, 15) is 5.11 Å². The number of β-amino-alcohol motifs (C(OH)–C–C–N with tert-alkyl or cyclic N) is 1. The van der Waals surface area contributed by atoms with Gasteiger partial charge in [-0.1, -0.05) is 13.8 Å². The average Bonchev–Trinajstić information content (AvgIpc) is 2.42. The van der Waals surface area contributed by atoms with Crippen LogP contribution in [-0.2, 0) is 0 Å².